The maximum atomic E-state index is 13.4. The van der Waals surface area contributed by atoms with Crippen LogP contribution in [0.3, 0.4) is 0 Å². The number of esters is 2. The molecule has 2 atom stereocenters. The molecule has 202 valence electrons. The van der Waals surface area contributed by atoms with Crippen LogP contribution in [0.2, 0.25) is 0 Å². The zero-order chi connectivity index (χ0) is 27.5. The minimum absolute atomic E-state index is 0.0525. The number of aliphatic hydroxyl groups excluding tert-OH is 1. The van der Waals surface area contributed by atoms with Crippen LogP contribution in [0.4, 0.5) is 4.79 Å². The van der Waals surface area contributed by atoms with E-state index in [4.69, 9.17) is 9.47 Å². The summed E-state index contributed by atoms with van der Waals surface area (Å²) in [6, 6.07) is 21.4. The number of carbonyl (C=O) groups excluding carboxylic acids is 3. The number of rotatable bonds is 12. The van der Waals surface area contributed by atoms with Crippen LogP contribution in [-0.4, -0.2) is 59.8 Å². The number of ether oxygens (including phenoxy) is 2. The zero-order valence-corrected chi connectivity index (χ0v) is 22.1. The van der Waals surface area contributed by atoms with Crippen LogP contribution in [-0.2, 0) is 32.1 Å². The molecule has 0 heterocycles. The number of hydrogen-bond acceptors (Lipinski definition) is 6. The minimum Gasteiger partial charge on any atom is -0.464 e. The Labute approximate surface area is 223 Å². The van der Waals surface area contributed by atoms with E-state index in [2.05, 4.69) is 5.32 Å². The molecule has 0 aliphatic heterocycles. The smallest absolute Gasteiger partial charge is 0.336 e. The lowest BCUT2D eigenvalue weighted by molar-refractivity contribution is -0.153. The fraction of sp³-hybridized carbons (Fsp3) is 0.367. The molecule has 0 aliphatic carbocycles. The summed E-state index contributed by atoms with van der Waals surface area (Å²) in [5, 5.41) is 15.1. The molecule has 0 radical (unpaired) electrons. The highest BCUT2D eigenvalue weighted by Crippen LogP contribution is 2.20. The van der Waals surface area contributed by atoms with Gasteiger partial charge in [0.25, 0.3) is 0 Å². The van der Waals surface area contributed by atoms with E-state index in [1.165, 1.54) is 4.90 Å². The molecule has 0 saturated heterocycles. The predicted octanol–water partition coefficient (Wildman–Crippen LogP) is 4.09. The van der Waals surface area contributed by atoms with Crippen LogP contribution in [0.1, 0.15) is 31.9 Å². The van der Waals surface area contributed by atoms with Crippen LogP contribution in [0.5, 0.6) is 0 Å². The van der Waals surface area contributed by atoms with Crippen molar-refractivity contribution in [2.24, 2.45) is 5.92 Å². The van der Waals surface area contributed by atoms with Crippen LogP contribution in [0.25, 0.3) is 10.8 Å². The summed E-state index contributed by atoms with van der Waals surface area (Å²) in [5.41, 5.74) is 1.71. The monoisotopic (exact) mass is 520 g/mol. The third kappa shape index (κ3) is 8.31. The van der Waals surface area contributed by atoms with Crippen molar-refractivity contribution >= 4 is 28.7 Å². The Balaban J connectivity index is 1.83. The van der Waals surface area contributed by atoms with Gasteiger partial charge < -0.3 is 24.8 Å². The van der Waals surface area contributed by atoms with E-state index in [0.717, 1.165) is 21.9 Å². The highest BCUT2D eigenvalue weighted by molar-refractivity contribution is 5.88. The summed E-state index contributed by atoms with van der Waals surface area (Å²) in [6.45, 7) is 5.66. The first kappa shape index (κ1) is 28.7. The molecule has 0 spiro atoms. The molecular formula is C30H36N2O6. The molecule has 0 fully saturated rings. The Hall–Kier alpha value is -3.91. The lowest BCUT2D eigenvalue weighted by Gasteiger charge is -2.28. The fourth-order valence-electron chi connectivity index (χ4n) is 4.16. The fourth-order valence-corrected chi connectivity index (χ4v) is 4.16. The molecule has 0 bridgehead atoms. The van der Waals surface area contributed by atoms with Gasteiger partial charge in [-0.05, 0) is 34.7 Å². The van der Waals surface area contributed by atoms with E-state index in [0.29, 0.717) is 0 Å². The normalized spacial score (nSPS) is 12.6. The number of benzene rings is 3. The van der Waals surface area contributed by atoms with Gasteiger partial charge in [0.05, 0.1) is 13.2 Å². The van der Waals surface area contributed by atoms with E-state index in [-0.39, 0.29) is 38.6 Å². The Bertz CT molecular complexity index is 1210. The second-order valence-corrected chi connectivity index (χ2v) is 9.50. The van der Waals surface area contributed by atoms with E-state index in [1.807, 2.05) is 86.6 Å². The molecule has 38 heavy (non-hydrogen) atoms. The highest BCUT2D eigenvalue weighted by Gasteiger charge is 2.29. The lowest BCUT2D eigenvalue weighted by atomic mass is 9.99. The maximum Gasteiger partial charge on any atom is 0.336 e. The van der Waals surface area contributed by atoms with Gasteiger partial charge in [0.2, 0.25) is 0 Å². The number of nitrogens with zero attached hydrogens (tertiary/aromatic N) is 1. The van der Waals surface area contributed by atoms with Gasteiger partial charge in [-0.1, -0.05) is 86.6 Å². The maximum absolute atomic E-state index is 13.4. The van der Waals surface area contributed by atoms with Gasteiger partial charge in [0.15, 0.2) is 6.10 Å². The first-order chi connectivity index (χ1) is 18.3. The average Bonchev–Trinajstić information content (AvgIpc) is 2.91. The van der Waals surface area contributed by atoms with Gasteiger partial charge >= 0.3 is 18.0 Å². The van der Waals surface area contributed by atoms with Crippen molar-refractivity contribution in [1.82, 2.24) is 10.2 Å². The van der Waals surface area contributed by atoms with Crippen molar-refractivity contribution in [2.45, 2.75) is 45.9 Å². The molecule has 2 unspecified atom stereocenters. The quantitative estimate of drug-likeness (QED) is 0.349. The molecule has 0 aromatic heterocycles. The molecule has 8 nitrogen and oxygen atoms in total. The van der Waals surface area contributed by atoms with Gasteiger partial charge in [-0.15, -0.1) is 0 Å². The summed E-state index contributed by atoms with van der Waals surface area (Å²) < 4.78 is 10.5. The molecule has 0 saturated carbocycles. The Morgan fingerprint density at radius 2 is 1.55 bits per heavy atom. The van der Waals surface area contributed by atoms with Crippen molar-refractivity contribution in [2.75, 3.05) is 19.7 Å². The van der Waals surface area contributed by atoms with E-state index >= 15 is 0 Å². The molecule has 2 amide bonds. The number of fused-ring (bicyclic) bond motifs is 1. The average molecular weight is 521 g/mol. The van der Waals surface area contributed by atoms with Crippen molar-refractivity contribution in [1.29, 1.82) is 0 Å². The number of carbonyl (C=O) groups is 3. The number of nitrogens with one attached hydrogen (secondary N) is 1. The standard InChI is InChI=1S/C30H36N2O6/c1-4-37-29(35)27(33)19-32(18-21(2)3)30(36)31-26(28(34)38-20-22-11-6-5-7-12-22)17-24-15-10-14-23-13-8-9-16-25(23)24/h5-16,21,26-27,33H,4,17-20H2,1-3H3,(H,31,36). The largest absolute Gasteiger partial charge is 0.464 e. The molecule has 3 rings (SSSR count). The van der Waals surface area contributed by atoms with Crippen molar-refractivity contribution in [3.8, 4) is 0 Å². The third-order valence-electron chi connectivity index (χ3n) is 5.93. The van der Waals surface area contributed by atoms with E-state index < -0.39 is 30.1 Å². The van der Waals surface area contributed by atoms with Crippen LogP contribution in [0.15, 0.2) is 72.8 Å². The molecule has 2 N–H and O–H groups in total. The molecule has 0 aliphatic rings. The second-order valence-electron chi connectivity index (χ2n) is 9.50. The van der Waals surface area contributed by atoms with Gasteiger partial charge in [-0.2, -0.15) is 0 Å². The first-order valence-corrected chi connectivity index (χ1v) is 12.9. The number of hydrogen-bond donors (Lipinski definition) is 2. The molecule has 3 aromatic carbocycles. The van der Waals surface area contributed by atoms with Crippen LogP contribution in [0, 0.1) is 5.92 Å². The molecular weight excluding hydrogens is 484 g/mol. The lowest BCUT2D eigenvalue weighted by Crippen LogP contribution is -2.52. The zero-order valence-electron chi connectivity index (χ0n) is 22.1. The molecule has 3 aromatic rings. The second kappa shape index (κ2) is 14.1. The topological polar surface area (TPSA) is 105 Å². The van der Waals surface area contributed by atoms with Gasteiger partial charge in [0, 0.05) is 13.0 Å². The van der Waals surface area contributed by atoms with Crippen molar-refractivity contribution in [3.63, 3.8) is 0 Å². The highest BCUT2D eigenvalue weighted by atomic mass is 16.5. The summed E-state index contributed by atoms with van der Waals surface area (Å²) in [7, 11) is 0. The molecule has 8 heteroatoms. The van der Waals surface area contributed by atoms with Gasteiger partial charge in [-0.25, -0.2) is 14.4 Å². The van der Waals surface area contributed by atoms with Crippen LogP contribution < -0.4 is 5.32 Å². The van der Waals surface area contributed by atoms with Gasteiger partial charge in [-0.3, -0.25) is 0 Å². The Morgan fingerprint density at radius 1 is 0.868 bits per heavy atom. The number of aliphatic hydroxyl groups is 1. The van der Waals surface area contributed by atoms with Crippen molar-refractivity contribution in [3.05, 3.63) is 83.9 Å². The Kier molecular flexibility index (Phi) is 10.7. The minimum atomic E-state index is -1.50. The summed E-state index contributed by atoms with van der Waals surface area (Å²) in [4.78, 5) is 40.0. The van der Waals surface area contributed by atoms with Crippen LogP contribution >= 0.6 is 0 Å². The summed E-state index contributed by atoms with van der Waals surface area (Å²) in [6.07, 6.45) is -1.29. The number of urea groups is 1. The summed E-state index contributed by atoms with van der Waals surface area (Å²) >= 11 is 0. The van der Waals surface area contributed by atoms with E-state index in [1.54, 1.807) is 6.92 Å². The van der Waals surface area contributed by atoms with Gasteiger partial charge in [0.1, 0.15) is 12.6 Å². The number of amides is 2. The third-order valence-corrected chi connectivity index (χ3v) is 5.93. The van der Waals surface area contributed by atoms with Crippen molar-refractivity contribution < 1.29 is 29.0 Å². The summed E-state index contributed by atoms with van der Waals surface area (Å²) in [5.74, 6) is -1.33. The van der Waals surface area contributed by atoms with E-state index in [9.17, 15) is 19.5 Å². The Morgan fingerprint density at radius 3 is 2.26 bits per heavy atom. The predicted molar refractivity (Wildman–Crippen MR) is 145 cm³/mol. The first-order valence-electron chi connectivity index (χ1n) is 12.9. The SMILES string of the molecule is CCOC(=O)C(O)CN(CC(C)C)C(=O)NC(Cc1cccc2ccccc12)C(=O)OCc1ccccc1.